The second kappa shape index (κ2) is 8.82. The average Bonchev–Trinajstić information content (AvgIpc) is 2.74. The van der Waals surface area contributed by atoms with Crippen molar-refractivity contribution in [1.82, 2.24) is 4.57 Å². The molecule has 1 heterocycles. The van der Waals surface area contributed by atoms with Gasteiger partial charge in [-0.1, -0.05) is 19.3 Å². The first kappa shape index (κ1) is 23.0. The Labute approximate surface area is 180 Å². The maximum absolute atomic E-state index is 12.9. The molecular weight excluding hydrogens is 429 g/mol. The van der Waals surface area contributed by atoms with Gasteiger partial charge in [-0.3, -0.25) is 19.5 Å². The third kappa shape index (κ3) is 4.34. The highest BCUT2D eigenvalue weighted by Gasteiger charge is 2.33. The van der Waals surface area contributed by atoms with Crippen LogP contribution in [0.4, 0.5) is 24.5 Å². The molecule has 2 aromatic rings. The van der Waals surface area contributed by atoms with Crippen LogP contribution < -0.4 is 5.56 Å². The van der Waals surface area contributed by atoms with E-state index in [2.05, 4.69) is 4.99 Å². The van der Waals surface area contributed by atoms with E-state index in [-0.39, 0.29) is 28.4 Å². The molecule has 11 heteroatoms. The zero-order chi connectivity index (χ0) is 23.6. The molecule has 1 fully saturated rings. The summed E-state index contributed by atoms with van der Waals surface area (Å²) in [6, 6.07) is 3.41. The second-order valence-corrected chi connectivity index (χ2v) is 7.53. The summed E-state index contributed by atoms with van der Waals surface area (Å²) in [5.41, 5.74) is -3.13. The summed E-state index contributed by atoms with van der Waals surface area (Å²) in [6.07, 6.45) is 0.249. The number of nitro groups is 1. The minimum Gasteiger partial charge on any atom is -0.494 e. The normalized spacial score (nSPS) is 15.1. The Bertz CT molecular complexity index is 1190. The van der Waals surface area contributed by atoms with Gasteiger partial charge in [-0.15, -0.1) is 0 Å². The highest BCUT2D eigenvalue weighted by Crippen LogP contribution is 2.37. The van der Waals surface area contributed by atoms with Crippen LogP contribution in [-0.2, 0) is 6.18 Å². The smallest absolute Gasteiger partial charge is 0.416 e. The van der Waals surface area contributed by atoms with E-state index >= 15 is 0 Å². The molecule has 1 aromatic carbocycles. The first-order valence-corrected chi connectivity index (χ1v) is 9.84. The Kier molecular flexibility index (Phi) is 6.34. The molecule has 168 valence electrons. The van der Waals surface area contributed by atoms with Gasteiger partial charge in [0.15, 0.2) is 0 Å². The molecule has 0 aliphatic heterocycles. The Morgan fingerprint density at radius 3 is 2.53 bits per heavy atom. The van der Waals surface area contributed by atoms with Crippen molar-refractivity contribution in [2.24, 2.45) is 4.99 Å². The van der Waals surface area contributed by atoms with Crippen LogP contribution in [0.1, 0.15) is 60.4 Å². The van der Waals surface area contributed by atoms with Gasteiger partial charge >= 0.3 is 6.18 Å². The fourth-order valence-corrected chi connectivity index (χ4v) is 3.86. The van der Waals surface area contributed by atoms with E-state index in [1.807, 2.05) is 6.07 Å². The predicted octanol–water partition coefficient (Wildman–Crippen LogP) is 4.92. The van der Waals surface area contributed by atoms with Gasteiger partial charge in [0.25, 0.3) is 11.2 Å². The van der Waals surface area contributed by atoms with Crippen molar-refractivity contribution in [3.05, 3.63) is 60.9 Å². The molecule has 0 radical (unpaired) electrons. The fourth-order valence-electron chi connectivity index (χ4n) is 3.86. The number of halogens is 3. The predicted molar refractivity (Wildman–Crippen MR) is 109 cm³/mol. The molecule has 3 rings (SSSR count). The van der Waals surface area contributed by atoms with Crippen LogP contribution in [0, 0.1) is 28.4 Å². The van der Waals surface area contributed by atoms with Crippen molar-refractivity contribution in [2.45, 2.75) is 51.2 Å². The Morgan fingerprint density at radius 2 is 1.97 bits per heavy atom. The van der Waals surface area contributed by atoms with Gasteiger partial charge in [-0.25, -0.2) is 4.99 Å². The third-order valence-electron chi connectivity index (χ3n) is 5.56. The summed E-state index contributed by atoms with van der Waals surface area (Å²) in [6.45, 7) is 1.42. The molecule has 0 saturated heterocycles. The maximum Gasteiger partial charge on any atom is 0.416 e. The SMILES string of the molecule is Cc1c(C=Nc2ccc(C(F)(F)F)cc2[N+](=O)[O-])c(O)n(C2CCCCC2)c(=O)c1C#N. The average molecular weight is 448 g/mol. The second-order valence-electron chi connectivity index (χ2n) is 7.53. The number of nitrogens with zero attached hydrogens (tertiary/aromatic N) is 4. The highest BCUT2D eigenvalue weighted by molar-refractivity contribution is 5.88. The van der Waals surface area contributed by atoms with Crippen LogP contribution in [0.5, 0.6) is 5.88 Å². The standard InChI is InChI=1S/C21H19F3N4O4/c1-12-15(10-25)19(29)27(14-5-3-2-4-6-14)20(30)16(12)11-26-17-8-7-13(21(22,23)24)9-18(17)28(31)32/h7-9,11,14,30H,2-6H2,1H3. The van der Waals surface area contributed by atoms with Crippen molar-refractivity contribution in [2.75, 3.05) is 0 Å². The summed E-state index contributed by atoms with van der Waals surface area (Å²) in [4.78, 5) is 27.0. The van der Waals surface area contributed by atoms with Gasteiger partial charge in [-0.05, 0) is 37.5 Å². The topological polar surface area (TPSA) is 122 Å². The minimum absolute atomic E-state index is 0.000851. The summed E-state index contributed by atoms with van der Waals surface area (Å²) in [7, 11) is 0. The number of nitriles is 1. The molecular formula is C21H19F3N4O4. The molecule has 0 bridgehead atoms. The van der Waals surface area contributed by atoms with E-state index in [1.54, 1.807) is 0 Å². The molecule has 0 atom stereocenters. The van der Waals surface area contributed by atoms with Crippen LogP contribution in [0.15, 0.2) is 28.0 Å². The van der Waals surface area contributed by atoms with E-state index in [0.717, 1.165) is 36.1 Å². The molecule has 32 heavy (non-hydrogen) atoms. The fraction of sp³-hybridized carbons (Fsp3) is 0.381. The van der Waals surface area contributed by atoms with Gasteiger partial charge in [0.05, 0.1) is 16.1 Å². The van der Waals surface area contributed by atoms with Gasteiger partial charge in [0, 0.05) is 18.3 Å². The zero-order valence-corrected chi connectivity index (χ0v) is 17.0. The molecule has 0 unspecified atom stereocenters. The number of benzene rings is 1. The van der Waals surface area contributed by atoms with Crippen molar-refractivity contribution in [3.8, 4) is 11.9 Å². The Balaban J connectivity index is 2.14. The van der Waals surface area contributed by atoms with Crippen LogP contribution in [0.25, 0.3) is 0 Å². The lowest BCUT2D eigenvalue weighted by Crippen LogP contribution is -2.30. The molecule has 1 saturated carbocycles. The van der Waals surface area contributed by atoms with E-state index in [0.29, 0.717) is 25.0 Å². The molecule has 0 spiro atoms. The van der Waals surface area contributed by atoms with Gasteiger partial charge in [0.2, 0.25) is 5.88 Å². The first-order valence-electron chi connectivity index (χ1n) is 9.84. The monoisotopic (exact) mass is 448 g/mol. The number of hydrogen-bond acceptors (Lipinski definition) is 6. The van der Waals surface area contributed by atoms with Crippen molar-refractivity contribution >= 4 is 17.6 Å². The zero-order valence-electron chi connectivity index (χ0n) is 17.0. The largest absolute Gasteiger partial charge is 0.494 e. The van der Waals surface area contributed by atoms with Gasteiger partial charge in [-0.2, -0.15) is 18.4 Å². The molecule has 1 aliphatic carbocycles. The Morgan fingerprint density at radius 1 is 1.31 bits per heavy atom. The lowest BCUT2D eigenvalue weighted by atomic mass is 9.94. The maximum atomic E-state index is 12.9. The third-order valence-corrected chi connectivity index (χ3v) is 5.56. The summed E-state index contributed by atoms with van der Waals surface area (Å²) in [5, 5.41) is 31.5. The van der Waals surface area contributed by atoms with Crippen LogP contribution in [-0.4, -0.2) is 20.8 Å². The number of aromatic nitrogens is 1. The molecule has 8 nitrogen and oxygen atoms in total. The minimum atomic E-state index is -4.76. The quantitative estimate of drug-likeness (QED) is 0.404. The Hall–Kier alpha value is -3.68. The number of nitro benzene ring substituents is 1. The number of rotatable bonds is 4. The molecule has 1 aromatic heterocycles. The van der Waals surface area contributed by atoms with Crippen LogP contribution in [0.2, 0.25) is 0 Å². The number of aromatic hydroxyl groups is 1. The van der Waals surface area contributed by atoms with E-state index in [1.165, 1.54) is 6.92 Å². The number of hydrogen-bond donors (Lipinski definition) is 1. The number of pyridine rings is 1. The lowest BCUT2D eigenvalue weighted by Gasteiger charge is -2.26. The van der Waals surface area contributed by atoms with Crippen molar-refractivity contribution in [1.29, 1.82) is 5.26 Å². The summed E-state index contributed by atoms with van der Waals surface area (Å²) >= 11 is 0. The first-order chi connectivity index (χ1) is 15.1. The number of aliphatic imine (C=N–C) groups is 1. The number of alkyl halides is 3. The van der Waals surface area contributed by atoms with Gasteiger partial charge < -0.3 is 5.11 Å². The van der Waals surface area contributed by atoms with Crippen molar-refractivity contribution in [3.63, 3.8) is 0 Å². The molecule has 1 aliphatic rings. The molecule has 1 N–H and O–H groups in total. The van der Waals surface area contributed by atoms with Crippen LogP contribution >= 0.6 is 0 Å². The van der Waals surface area contributed by atoms with Crippen molar-refractivity contribution < 1.29 is 23.2 Å². The van der Waals surface area contributed by atoms with Gasteiger partial charge in [0.1, 0.15) is 17.3 Å². The van der Waals surface area contributed by atoms with E-state index in [4.69, 9.17) is 0 Å². The molecule has 0 amide bonds. The summed E-state index contributed by atoms with van der Waals surface area (Å²) < 4.78 is 39.9. The van der Waals surface area contributed by atoms with E-state index in [9.17, 15) is 38.4 Å². The van der Waals surface area contributed by atoms with E-state index < -0.39 is 33.8 Å². The summed E-state index contributed by atoms with van der Waals surface area (Å²) in [5.74, 6) is -0.434. The highest BCUT2D eigenvalue weighted by atomic mass is 19.4. The van der Waals surface area contributed by atoms with Crippen LogP contribution in [0.3, 0.4) is 0 Å². The lowest BCUT2D eigenvalue weighted by molar-refractivity contribution is -0.384.